The van der Waals surface area contributed by atoms with E-state index < -0.39 is 0 Å². The predicted molar refractivity (Wildman–Crippen MR) is 55.6 cm³/mol. The molecule has 76 valence electrons. The zero-order valence-electron chi connectivity index (χ0n) is 7.86. The normalized spacial score (nSPS) is 18.0. The highest BCUT2D eigenvalue weighted by atomic mass is 32.1. The molecule has 1 aromatic rings. The fraction of sp³-hybridized carbons (Fsp3) is 0.500. The number of rotatable bonds is 2. The van der Waals surface area contributed by atoms with Crippen molar-refractivity contribution >= 4 is 17.2 Å². The Bertz CT molecular complexity index is 291. The van der Waals surface area contributed by atoms with Gasteiger partial charge in [-0.25, -0.2) is 0 Å². The summed E-state index contributed by atoms with van der Waals surface area (Å²) in [6, 6.07) is 4.03. The first-order valence-electron chi connectivity index (χ1n) is 4.78. The highest BCUT2D eigenvalue weighted by molar-refractivity contribution is 7.12. The minimum atomic E-state index is 0.0481. The van der Waals surface area contributed by atoms with Gasteiger partial charge in [0.05, 0.1) is 4.88 Å². The van der Waals surface area contributed by atoms with Gasteiger partial charge in [0.2, 0.25) is 0 Å². The largest absolute Gasteiger partial charge is 0.381 e. The van der Waals surface area contributed by atoms with E-state index in [-0.39, 0.29) is 5.91 Å². The minimum absolute atomic E-state index is 0.0481. The number of thiophene rings is 1. The maximum atomic E-state index is 11.6. The van der Waals surface area contributed by atoms with Gasteiger partial charge in [-0.2, -0.15) is 0 Å². The number of hydrogen-bond acceptors (Lipinski definition) is 3. The Morgan fingerprint density at radius 2 is 2.29 bits per heavy atom. The van der Waals surface area contributed by atoms with E-state index in [1.54, 1.807) is 0 Å². The quantitative estimate of drug-likeness (QED) is 0.808. The van der Waals surface area contributed by atoms with E-state index in [4.69, 9.17) is 4.74 Å². The predicted octanol–water partition coefficient (Wildman–Crippen LogP) is 1.66. The first-order valence-corrected chi connectivity index (χ1v) is 5.66. The van der Waals surface area contributed by atoms with E-state index in [9.17, 15) is 4.79 Å². The van der Waals surface area contributed by atoms with Crippen molar-refractivity contribution in [3.8, 4) is 0 Å². The van der Waals surface area contributed by atoms with Crippen LogP contribution < -0.4 is 5.32 Å². The number of carbonyl (C=O) groups is 1. The molecule has 0 bridgehead atoms. The maximum Gasteiger partial charge on any atom is 0.261 e. The average molecular weight is 211 g/mol. The van der Waals surface area contributed by atoms with Crippen molar-refractivity contribution in [2.45, 2.75) is 18.9 Å². The summed E-state index contributed by atoms with van der Waals surface area (Å²) < 4.78 is 5.22. The molecule has 0 saturated carbocycles. The third-order valence-corrected chi connectivity index (χ3v) is 3.17. The molecule has 2 heterocycles. The molecule has 3 nitrogen and oxygen atoms in total. The van der Waals surface area contributed by atoms with Crippen LogP contribution >= 0.6 is 11.3 Å². The van der Waals surface area contributed by atoms with E-state index in [1.807, 2.05) is 17.5 Å². The van der Waals surface area contributed by atoms with Crippen LogP contribution in [-0.2, 0) is 4.74 Å². The third-order valence-electron chi connectivity index (χ3n) is 2.30. The number of hydrogen-bond donors (Lipinski definition) is 1. The van der Waals surface area contributed by atoms with Crippen LogP contribution in [0, 0.1) is 0 Å². The minimum Gasteiger partial charge on any atom is -0.381 e. The molecule has 0 spiro atoms. The Labute approximate surface area is 87.1 Å². The van der Waals surface area contributed by atoms with Crippen LogP contribution in [0.15, 0.2) is 17.5 Å². The molecular formula is C10H13NO2S. The SMILES string of the molecule is O=C(NC1CCOCC1)c1cccs1. The maximum absolute atomic E-state index is 11.6. The van der Waals surface area contributed by atoms with Crippen LogP contribution in [0.3, 0.4) is 0 Å². The lowest BCUT2D eigenvalue weighted by Gasteiger charge is -2.22. The molecule has 1 aromatic heterocycles. The van der Waals surface area contributed by atoms with Gasteiger partial charge in [-0.05, 0) is 24.3 Å². The number of carbonyl (C=O) groups excluding carboxylic acids is 1. The average Bonchev–Trinajstić information content (AvgIpc) is 2.72. The monoisotopic (exact) mass is 211 g/mol. The van der Waals surface area contributed by atoms with Crippen LogP contribution in [0.1, 0.15) is 22.5 Å². The molecule has 14 heavy (non-hydrogen) atoms. The second kappa shape index (κ2) is 4.57. The summed E-state index contributed by atoms with van der Waals surface area (Å²) >= 11 is 1.48. The summed E-state index contributed by atoms with van der Waals surface area (Å²) in [6.45, 7) is 1.52. The lowest BCUT2D eigenvalue weighted by atomic mass is 10.1. The van der Waals surface area contributed by atoms with Gasteiger partial charge in [0, 0.05) is 19.3 Å². The number of nitrogens with one attached hydrogen (secondary N) is 1. The molecule has 0 radical (unpaired) electrons. The Morgan fingerprint density at radius 1 is 1.50 bits per heavy atom. The fourth-order valence-corrected chi connectivity index (χ4v) is 2.13. The van der Waals surface area contributed by atoms with Gasteiger partial charge in [-0.1, -0.05) is 6.07 Å². The second-order valence-electron chi connectivity index (χ2n) is 3.34. The van der Waals surface area contributed by atoms with Gasteiger partial charge in [0.1, 0.15) is 0 Å². The molecule has 1 aliphatic rings. The second-order valence-corrected chi connectivity index (χ2v) is 4.29. The molecule has 1 aliphatic heterocycles. The van der Waals surface area contributed by atoms with Crippen LogP contribution in [0.25, 0.3) is 0 Å². The molecule has 0 unspecified atom stereocenters. The Morgan fingerprint density at radius 3 is 2.93 bits per heavy atom. The van der Waals surface area contributed by atoms with Gasteiger partial charge in [0.25, 0.3) is 5.91 Å². The summed E-state index contributed by atoms with van der Waals surface area (Å²) in [5, 5.41) is 4.93. The van der Waals surface area contributed by atoms with E-state index in [0.29, 0.717) is 6.04 Å². The standard InChI is InChI=1S/C10H13NO2S/c12-10(9-2-1-7-14-9)11-8-3-5-13-6-4-8/h1-2,7-8H,3-6H2,(H,11,12). The topological polar surface area (TPSA) is 38.3 Å². The summed E-state index contributed by atoms with van der Waals surface area (Å²) in [5.74, 6) is 0.0481. The van der Waals surface area contributed by atoms with E-state index in [0.717, 1.165) is 30.9 Å². The van der Waals surface area contributed by atoms with Crippen LogP contribution in [-0.4, -0.2) is 25.2 Å². The van der Waals surface area contributed by atoms with Gasteiger partial charge < -0.3 is 10.1 Å². The smallest absolute Gasteiger partial charge is 0.261 e. The molecule has 0 aromatic carbocycles. The van der Waals surface area contributed by atoms with Crippen molar-refractivity contribution in [1.29, 1.82) is 0 Å². The third kappa shape index (κ3) is 2.33. The molecule has 0 aliphatic carbocycles. The molecule has 1 saturated heterocycles. The van der Waals surface area contributed by atoms with E-state index >= 15 is 0 Å². The molecular weight excluding hydrogens is 198 g/mol. The molecule has 1 amide bonds. The molecule has 2 rings (SSSR count). The first-order chi connectivity index (χ1) is 6.86. The summed E-state index contributed by atoms with van der Waals surface area (Å²) in [6.07, 6.45) is 1.86. The highest BCUT2D eigenvalue weighted by Gasteiger charge is 2.16. The Balaban J connectivity index is 1.87. The van der Waals surface area contributed by atoms with E-state index in [2.05, 4.69) is 5.32 Å². The summed E-state index contributed by atoms with van der Waals surface area (Å²) in [5.41, 5.74) is 0. The van der Waals surface area contributed by atoms with Crippen molar-refractivity contribution in [1.82, 2.24) is 5.32 Å². The molecule has 0 atom stereocenters. The van der Waals surface area contributed by atoms with Crippen LogP contribution in [0.4, 0.5) is 0 Å². The fourth-order valence-electron chi connectivity index (χ4n) is 1.51. The lowest BCUT2D eigenvalue weighted by Crippen LogP contribution is -2.38. The zero-order valence-corrected chi connectivity index (χ0v) is 8.68. The zero-order chi connectivity index (χ0) is 9.80. The van der Waals surface area contributed by atoms with E-state index in [1.165, 1.54) is 11.3 Å². The molecule has 4 heteroatoms. The number of ether oxygens (including phenoxy) is 1. The van der Waals surface area contributed by atoms with Crippen LogP contribution in [0.5, 0.6) is 0 Å². The van der Waals surface area contributed by atoms with Gasteiger partial charge >= 0.3 is 0 Å². The molecule has 1 N–H and O–H groups in total. The van der Waals surface area contributed by atoms with Gasteiger partial charge in [0.15, 0.2) is 0 Å². The lowest BCUT2D eigenvalue weighted by molar-refractivity contribution is 0.0698. The number of amides is 1. The van der Waals surface area contributed by atoms with Crippen LogP contribution in [0.2, 0.25) is 0 Å². The Hall–Kier alpha value is -0.870. The summed E-state index contributed by atoms with van der Waals surface area (Å²) in [4.78, 5) is 12.4. The van der Waals surface area contributed by atoms with Crippen molar-refractivity contribution in [2.75, 3.05) is 13.2 Å². The van der Waals surface area contributed by atoms with Crippen molar-refractivity contribution < 1.29 is 9.53 Å². The first kappa shape index (κ1) is 9.68. The van der Waals surface area contributed by atoms with Crippen molar-refractivity contribution in [3.05, 3.63) is 22.4 Å². The highest BCUT2D eigenvalue weighted by Crippen LogP contribution is 2.11. The van der Waals surface area contributed by atoms with Gasteiger partial charge in [-0.3, -0.25) is 4.79 Å². The van der Waals surface area contributed by atoms with Crippen molar-refractivity contribution in [2.24, 2.45) is 0 Å². The molecule has 1 fully saturated rings. The van der Waals surface area contributed by atoms with Crippen molar-refractivity contribution in [3.63, 3.8) is 0 Å². The van der Waals surface area contributed by atoms with Gasteiger partial charge in [-0.15, -0.1) is 11.3 Å². The summed E-state index contributed by atoms with van der Waals surface area (Å²) in [7, 11) is 0. The Kier molecular flexibility index (Phi) is 3.16.